The van der Waals surface area contributed by atoms with Crippen molar-refractivity contribution in [2.75, 3.05) is 18.9 Å². The lowest BCUT2D eigenvalue weighted by Gasteiger charge is -2.17. The lowest BCUT2D eigenvalue weighted by atomic mass is 10.2. The molecule has 5 nitrogen and oxygen atoms in total. The van der Waals surface area contributed by atoms with Gasteiger partial charge in [0.2, 0.25) is 5.91 Å². The summed E-state index contributed by atoms with van der Waals surface area (Å²) in [5.74, 6) is 0.652. The van der Waals surface area contributed by atoms with Crippen LogP contribution in [0.3, 0.4) is 0 Å². The molecule has 0 unspecified atom stereocenters. The van der Waals surface area contributed by atoms with Gasteiger partial charge in [-0.25, -0.2) is 0 Å². The number of aryl methyl sites for hydroxylation is 1. The van der Waals surface area contributed by atoms with Gasteiger partial charge in [-0.1, -0.05) is 0 Å². The van der Waals surface area contributed by atoms with Crippen LogP contribution in [0.5, 0.6) is 0 Å². The molecule has 1 aromatic heterocycles. The summed E-state index contributed by atoms with van der Waals surface area (Å²) in [6.45, 7) is 2.90. The zero-order valence-corrected chi connectivity index (χ0v) is 9.08. The average Bonchev–Trinajstić information content (AvgIpc) is 2.75. The molecule has 1 aliphatic rings. The number of likely N-dealkylation sites (N-methyl/N-ethyl adjacent to an activating group) is 1. The summed E-state index contributed by atoms with van der Waals surface area (Å²) in [5, 5.41) is 9.59. The molecule has 5 heteroatoms. The van der Waals surface area contributed by atoms with E-state index in [0.717, 1.165) is 25.1 Å². The minimum atomic E-state index is 0.00186. The SMILES string of the molecule is Cc1cc(NC(=O)[C@H]2CCCN2C)n[nH]1. The van der Waals surface area contributed by atoms with E-state index in [2.05, 4.69) is 20.4 Å². The number of anilines is 1. The normalized spacial score (nSPS) is 21.9. The van der Waals surface area contributed by atoms with E-state index in [4.69, 9.17) is 0 Å². The van der Waals surface area contributed by atoms with E-state index < -0.39 is 0 Å². The molecule has 2 rings (SSSR count). The lowest BCUT2D eigenvalue weighted by molar-refractivity contribution is -0.119. The van der Waals surface area contributed by atoms with Crippen LogP contribution < -0.4 is 5.32 Å². The first-order valence-corrected chi connectivity index (χ1v) is 5.20. The molecule has 1 fully saturated rings. The topological polar surface area (TPSA) is 61.0 Å². The number of carbonyl (C=O) groups excluding carboxylic acids is 1. The fourth-order valence-electron chi connectivity index (χ4n) is 1.93. The maximum atomic E-state index is 11.8. The Morgan fingerprint density at radius 3 is 3.07 bits per heavy atom. The summed E-state index contributed by atoms with van der Waals surface area (Å²) < 4.78 is 0. The highest BCUT2D eigenvalue weighted by molar-refractivity contribution is 5.94. The molecule has 1 amide bonds. The van der Waals surface area contributed by atoms with Crippen molar-refractivity contribution in [2.24, 2.45) is 0 Å². The van der Waals surface area contributed by atoms with Crippen LogP contribution in [-0.4, -0.2) is 40.6 Å². The summed E-state index contributed by atoms with van der Waals surface area (Å²) in [4.78, 5) is 13.9. The Labute approximate surface area is 88.8 Å². The third-order valence-electron chi connectivity index (χ3n) is 2.78. The summed E-state index contributed by atoms with van der Waals surface area (Å²) in [6.07, 6.45) is 2.03. The Hall–Kier alpha value is -1.36. The second kappa shape index (κ2) is 4.02. The van der Waals surface area contributed by atoms with Crippen molar-refractivity contribution in [1.82, 2.24) is 15.1 Å². The smallest absolute Gasteiger partial charge is 0.242 e. The van der Waals surface area contributed by atoms with E-state index in [9.17, 15) is 4.79 Å². The number of rotatable bonds is 2. The van der Waals surface area contributed by atoms with Crippen LogP contribution in [0.4, 0.5) is 5.82 Å². The van der Waals surface area contributed by atoms with Crippen LogP contribution in [0, 0.1) is 6.92 Å². The standard InChI is InChI=1S/C10H16N4O/c1-7-6-9(13-12-7)11-10(15)8-4-3-5-14(8)2/h6,8H,3-5H2,1-2H3,(H2,11,12,13,15)/t8-/m1/s1. The number of hydrogen-bond acceptors (Lipinski definition) is 3. The number of hydrogen-bond donors (Lipinski definition) is 2. The van der Waals surface area contributed by atoms with E-state index in [0.29, 0.717) is 5.82 Å². The van der Waals surface area contributed by atoms with Crippen molar-refractivity contribution in [1.29, 1.82) is 0 Å². The van der Waals surface area contributed by atoms with Crippen LogP contribution in [0.1, 0.15) is 18.5 Å². The quantitative estimate of drug-likeness (QED) is 0.754. The molecule has 15 heavy (non-hydrogen) atoms. The van der Waals surface area contributed by atoms with Crippen molar-refractivity contribution >= 4 is 11.7 Å². The van der Waals surface area contributed by atoms with Crippen molar-refractivity contribution in [3.8, 4) is 0 Å². The maximum Gasteiger partial charge on any atom is 0.242 e. The average molecular weight is 208 g/mol. The molecule has 82 valence electrons. The van der Waals surface area contributed by atoms with Gasteiger partial charge >= 0.3 is 0 Å². The van der Waals surface area contributed by atoms with Crippen molar-refractivity contribution in [3.05, 3.63) is 11.8 Å². The molecular formula is C10H16N4O. The third kappa shape index (κ3) is 2.18. The molecule has 2 heterocycles. The second-order valence-electron chi connectivity index (χ2n) is 4.06. The van der Waals surface area contributed by atoms with Crippen molar-refractivity contribution in [2.45, 2.75) is 25.8 Å². The fourth-order valence-corrected chi connectivity index (χ4v) is 1.93. The van der Waals surface area contributed by atoms with Gasteiger partial charge in [-0.3, -0.25) is 14.8 Å². The van der Waals surface area contributed by atoms with Gasteiger partial charge in [-0.2, -0.15) is 5.10 Å². The zero-order chi connectivity index (χ0) is 10.8. The minimum absolute atomic E-state index is 0.00186. The van der Waals surface area contributed by atoms with Crippen LogP contribution in [0.2, 0.25) is 0 Å². The van der Waals surface area contributed by atoms with E-state index in [1.54, 1.807) is 0 Å². The fraction of sp³-hybridized carbons (Fsp3) is 0.600. The number of amides is 1. The van der Waals surface area contributed by atoms with Crippen LogP contribution in [0.15, 0.2) is 6.07 Å². The van der Waals surface area contributed by atoms with Gasteiger partial charge in [-0.15, -0.1) is 0 Å². The molecule has 0 bridgehead atoms. The second-order valence-corrected chi connectivity index (χ2v) is 4.06. The van der Waals surface area contributed by atoms with Gasteiger partial charge in [-0.05, 0) is 33.4 Å². The largest absolute Gasteiger partial charge is 0.308 e. The van der Waals surface area contributed by atoms with E-state index in [1.807, 2.05) is 20.0 Å². The number of aromatic nitrogens is 2. The van der Waals surface area contributed by atoms with E-state index >= 15 is 0 Å². The predicted octanol–water partition coefficient (Wildman–Crippen LogP) is 0.751. The number of aromatic amines is 1. The van der Waals surface area contributed by atoms with Gasteiger partial charge in [0.15, 0.2) is 5.82 Å². The molecule has 1 aliphatic heterocycles. The van der Waals surface area contributed by atoms with Crippen molar-refractivity contribution < 1.29 is 4.79 Å². The zero-order valence-electron chi connectivity index (χ0n) is 9.08. The summed E-state index contributed by atoms with van der Waals surface area (Å²) in [6, 6.07) is 1.83. The lowest BCUT2D eigenvalue weighted by Crippen LogP contribution is -2.37. The molecular weight excluding hydrogens is 192 g/mol. The first-order valence-electron chi connectivity index (χ1n) is 5.20. The molecule has 2 N–H and O–H groups in total. The molecule has 1 atom stereocenters. The maximum absolute atomic E-state index is 11.8. The number of nitrogens with one attached hydrogen (secondary N) is 2. The van der Waals surface area contributed by atoms with E-state index in [-0.39, 0.29) is 11.9 Å². The Balaban J connectivity index is 1.97. The summed E-state index contributed by atoms with van der Waals surface area (Å²) in [7, 11) is 1.98. The minimum Gasteiger partial charge on any atom is -0.308 e. The predicted molar refractivity (Wildman–Crippen MR) is 57.6 cm³/mol. The van der Waals surface area contributed by atoms with Gasteiger partial charge in [0.05, 0.1) is 6.04 Å². The summed E-state index contributed by atoms with van der Waals surface area (Å²) in [5.41, 5.74) is 0.949. The summed E-state index contributed by atoms with van der Waals surface area (Å²) >= 11 is 0. The Morgan fingerprint density at radius 2 is 2.53 bits per heavy atom. The highest BCUT2D eigenvalue weighted by atomic mass is 16.2. The van der Waals surface area contributed by atoms with Gasteiger partial charge in [0.1, 0.15) is 0 Å². The molecule has 0 saturated carbocycles. The van der Waals surface area contributed by atoms with Crippen LogP contribution >= 0.6 is 0 Å². The van der Waals surface area contributed by atoms with Crippen LogP contribution in [0.25, 0.3) is 0 Å². The molecule has 1 saturated heterocycles. The third-order valence-corrected chi connectivity index (χ3v) is 2.78. The molecule has 0 aromatic carbocycles. The molecule has 0 aliphatic carbocycles. The molecule has 0 spiro atoms. The Bertz CT molecular complexity index is 360. The Morgan fingerprint density at radius 1 is 1.73 bits per heavy atom. The first-order chi connectivity index (χ1) is 7.16. The number of nitrogens with zero attached hydrogens (tertiary/aromatic N) is 2. The van der Waals surface area contributed by atoms with Gasteiger partial charge in [0.25, 0.3) is 0 Å². The number of likely N-dealkylation sites (tertiary alicyclic amines) is 1. The number of carbonyl (C=O) groups is 1. The van der Waals surface area contributed by atoms with Gasteiger partial charge in [0, 0.05) is 11.8 Å². The number of H-pyrrole nitrogens is 1. The molecule has 0 radical (unpaired) electrons. The highest BCUT2D eigenvalue weighted by Gasteiger charge is 2.27. The molecule has 1 aromatic rings. The van der Waals surface area contributed by atoms with E-state index in [1.165, 1.54) is 0 Å². The Kier molecular flexibility index (Phi) is 2.73. The first kappa shape index (κ1) is 10.2. The van der Waals surface area contributed by atoms with Crippen LogP contribution in [-0.2, 0) is 4.79 Å². The monoisotopic (exact) mass is 208 g/mol. The van der Waals surface area contributed by atoms with Crippen molar-refractivity contribution in [3.63, 3.8) is 0 Å². The highest BCUT2D eigenvalue weighted by Crippen LogP contribution is 2.16. The van der Waals surface area contributed by atoms with Gasteiger partial charge < -0.3 is 5.32 Å².